The first-order valence-corrected chi connectivity index (χ1v) is 8.68. The number of aromatic nitrogens is 2. The van der Waals surface area contributed by atoms with Crippen LogP contribution in [0.3, 0.4) is 0 Å². The quantitative estimate of drug-likeness (QED) is 0.802. The van der Waals surface area contributed by atoms with Crippen LogP contribution in [-0.4, -0.2) is 35.8 Å². The maximum Gasteiger partial charge on any atom is 0.243 e. The van der Waals surface area contributed by atoms with Crippen molar-refractivity contribution in [3.63, 3.8) is 0 Å². The predicted molar refractivity (Wildman–Crippen MR) is 84.0 cm³/mol. The van der Waals surface area contributed by atoms with Gasteiger partial charge < -0.3 is 4.98 Å². The van der Waals surface area contributed by atoms with Crippen LogP contribution in [0.4, 0.5) is 4.39 Å². The smallest absolute Gasteiger partial charge is 0.243 e. The van der Waals surface area contributed by atoms with E-state index in [1.165, 1.54) is 22.5 Å². The number of benzene rings is 2. The number of hydrogen-bond acceptors (Lipinski definition) is 3. The van der Waals surface area contributed by atoms with Crippen LogP contribution in [0.25, 0.3) is 11.0 Å². The molecule has 1 N–H and O–H groups in total. The Morgan fingerprint density at radius 1 is 1.13 bits per heavy atom. The monoisotopic (exact) mass is 331 g/mol. The highest BCUT2D eigenvalue weighted by atomic mass is 32.2. The van der Waals surface area contributed by atoms with Gasteiger partial charge in [0.05, 0.1) is 15.9 Å². The van der Waals surface area contributed by atoms with Gasteiger partial charge in [-0.3, -0.25) is 0 Å². The summed E-state index contributed by atoms with van der Waals surface area (Å²) in [5.41, 5.74) is 1.81. The molecule has 23 heavy (non-hydrogen) atoms. The molecular weight excluding hydrogens is 317 g/mol. The van der Waals surface area contributed by atoms with E-state index in [1.807, 2.05) is 24.3 Å². The van der Waals surface area contributed by atoms with Crippen molar-refractivity contribution >= 4 is 21.1 Å². The summed E-state index contributed by atoms with van der Waals surface area (Å²) in [6, 6.07) is 12.8. The molecule has 1 aliphatic rings. The van der Waals surface area contributed by atoms with Crippen molar-refractivity contribution in [3.05, 3.63) is 60.2 Å². The largest absolute Gasteiger partial charge is 0.342 e. The summed E-state index contributed by atoms with van der Waals surface area (Å²) in [5, 5.41) is 0. The van der Waals surface area contributed by atoms with Crippen molar-refractivity contribution in [3.8, 4) is 0 Å². The van der Waals surface area contributed by atoms with E-state index in [4.69, 9.17) is 0 Å². The highest BCUT2D eigenvalue weighted by molar-refractivity contribution is 7.89. The van der Waals surface area contributed by atoms with Crippen molar-refractivity contribution in [2.45, 2.75) is 10.8 Å². The predicted octanol–water partition coefficient (Wildman–Crippen LogP) is 2.49. The van der Waals surface area contributed by atoms with Crippen LogP contribution in [0.2, 0.25) is 0 Å². The Bertz CT molecular complexity index is 945. The Hall–Kier alpha value is -2.25. The van der Waals surface area contributed by atoms with Crippen molar-refractivity contribution in [2.75, 3.05) is 13.1 Å². The minimum absolute atomic E-state index is 0.0134. The maximum absolute atomic E-state index is 13.2. The minimum atomic E-state index is -3.64. The third-order valence-electron chi connectivity index (χ3n) is 4.08. The zero-order chi connectivity index (χ0) is 16.0. The second-order valence-electron chi connectivity index (χ2n) is 5.62. The first kappa shape index (κ1) is 14.3. The second-order valence-corrected chi connectivity index (χ2v) is 7.55. The SMILES string of the molecule is O=S(=O)(c1cccc(F)c1)N1CC(c2nc3ccccc3[nH]2)C1. The number of nitrogens with one attached hydrogen (secondary N) is 1. The molecule has 118 valence electrons. The molecular formula is C16H14FN3O2S. The third kappa shape index (κ3) is 2.42. The van der Waals surface area contributed by atoms with Crippen molar-refractivity contribution in [1.29, 1.82) is 0 Å². The van der Waals surface area contributed by atoms with Gasteiger partial charge in [0.25, 0.3) is 0 Å². The first-order chi connectivity index (χ1) is 11.0. The van der Waals surface area contributed by atoms with E-state index in [9.17, 15) is 12.8 Å². The average Bonchev–Trinajstić information content (AvgIpc) is 2.88. The summed E-state index contributed by atoms with van der Waals surface area (Å²) < 4.78 is 39.5. The van der Waals surface area contributed by atoms with E-state index in [1.54, 1.807) is 0 Å². The lowest BCUT2D eigenvalue weighted by Crippen LogP contribution is -2.48. The summed E-state index contributed by atoms with van der Waals surface area (Å²) in [6.45, 7) is 0.692. The van der Waals surface area contributed by atoms with E-state index < -0.39 is 15.8 Å². The van der Waals surface area contributed by atoms with Crippen LogP contribution in [0.5, 0.6) is 0 Å². The van der Waals surface area contributed by atoms with E-state index in [0.29, 0.717) is 13.1 Å². The van der Waals surface area contributed by atoms with Gasteiger partial charge in [0.1, 0.15) is 11.6 Å². The first-order valence-electron chi connectivity index (χ1n) is 7.24. The molecule has 0 spiro atoms. The molecule has 5 nitrogen and oxygen atoms in total. The molecule has 0 unspecified atom stereocenters. The Kier molecular flexibility index (Phi) is 3.21. The van der Waals surface area contributed by atoms with Gasteiger partial charge in [-0.25, -0.2) is 17.8 Å². The molecule has 0 saturated carbocycles. The topological polar surface area (TPSA) is 66.1 Å². The zero-order valence-electron chi connectivity index (χ0n) is 12.1. The van der Waals surface area contributed by atoms with Gasteiger partial charge in [0, 0.05) is 19.0 Å². The number of H-pyrrole nitrogens is 1. The van der Waals surface area contributed by atoms with Gasteiger partial charge in [0.2, 0.25) is 10.0 Å². The van der Waals surface area contributed by atoms with Crippen LogP contribution in [0.15, 0.2) is 53.4 Å². The molecule has 1 aliphatic heterocycles. The van der Waals surface area contributed by atoms with Gasteiger partial charge in [0.15, 0.2) is 0 Å². The normalized spacial score (nSPS) is 16.6. The van der Waals surface area contributed by atoms with Crippen LogP contribution < -0.4 is 0 Å². The number of fused-ring (bicyclic) bond motifs is 1. The fourth-order valence-corrected chi connectivity index (χ4v) is 4.31. The lowest BCUT2D eigenvalue weighted by Gasteiger charge is -2.36. The van der Waals surface area contributed by atoms with Crippen LogP contribution in [0, 0.1) is 5.82 Å². The molecule has 2 aromatic carbocycles. The lowest BCUT2D eigenvalue weighted by molar-refractivity contribution is 0.257. The summed E-state index contributed by atoms with van der Waals surface area (Å²) >= 11 is 0. The molecule has 0 amide bonds. The molecule has 0 radical (unpaired) electrons. The number of aromatic amines is 1. The third-order valence-corrected chi connectivity index (χ3v) is 5.90. The van der Waals surface area contributed by atoms with Crippen molar-refractivity contribution < 1.29 is 12.8 Å². The van der Waals surface area contributed by atoms with Gasteiger partial charge in [-0.15, -0.1) is 0 Å². The highest BCUT2D eigenvalue weighted by Crippen LogP contribution is 2.31. The number of imidazole rings is 1. The van der Waals surface area contributed by atoms with E-state index in [-0.39, 0.29) is 10.8 Å². The molecule has 2 heterocycles. The standard InChI is InChI=1S/C16H14FN3O2S/c17-12-4-3-5-13(8-12)23(21,22)20-9-11(10-20)16-18-14-6-1-2-7-15(14)19-16/h1-8,11H,9-10H2,(H,18,19). The molecule has 0 aliphatic carbocycles. The fourth-order valence-electron chi connectivity index (χ4n) is 2.75. The van der Waals surface area contributed by atoms with Crippen LogP contribution in [-0.2, 0) is 10.0 Å². The minimum Gasteiger partial charge on any atom is -0.342 e. The van der Waals surface area contributed by atoms with Gasteiger partial charge in [-0.2, -0.15) is 4.31 Å². The Morgan fingerprint density at radius 2 is 1.91 bits per heavy atom. The van der Waals surface area contributed by atoms with Crippen LogP contribution in [0.1, 0.15) is 11.7 Å². The maximum atomic E-state index is 13.2. The molecule has 3 aromatic rings. The van der Waals surface area contributed by atoms with E-state index in [0.717, 1.165) is 22.9 Å². The Labute approximate surface area is 132 Å². The average molecular weight is 331 g/mol. The summed E-state index contributed by atoms with van der Waals surface area (Å²) in [5.74, 6) is 0.267. The van der Waals surface area contributed by atoms with E-state index >= 15 is 0 Å². The number of hydrogen-bond donors (Lipinski definition) is 1. The lowest BCUT2D eigenvalue weighted by atomic mass is 10.0. The van der Waals surface area contributed by atoms with Gasteiger partial charge in [-0.1, -0.05) is 18.2 Å². The molecule has 0 bridgehead atoms. The summed E-state index contributed by atoms with van der Waals surface area (Å²) in [4.78, 5) is 7.71. The summed E-state index contributed by atoms with van der Waals surface area (Å²) in [7, 11) is -3.64. The van der Waals surface area contributed by atoms with Crippen molar-refractivity contribution in [2.24, 2.45) is 0 Å². The molecule has 4 rings (SSSR count). The highest BCUT2D eigenvalue weighted by Gasteiger charge is 2.39. The molecule has 1 fully saturated rings. The zero-order valence-corrected chi connectivity index (χ0v) is 12.9. The number of halogens is 1. The molecule has 1 saturated heterocycles. The van der Waals surface area contributed by atoms with E-state index in [2.05, 4.69) is 9.97 Å². The summed E-state index contributed by atoms with van der Waals surface area (Å²) in [6.07, 6.45) is 0. The Morgan fingerprint density at radius 3 is 2.65 bits per heavy atom. The second kappa shape index (κ2) is 5.14. The van der Waals surface area contributed by atoms with Crippen molar-refractivity contribution in [1.82, 2.24) is 14.3 Å². The fraction of sp³-hybridized carbons (Fsp3) is 0.188. The Balaban J connectivity index is 1.54. The number of sulfonamides is 1. The van der Waals surface area contributed by atoms with Gasteiger partial charge in [-0.05, 0) is 30.3 Å². The number of nitrogens with zero attached hydrogens (tertiary/aromatic N) is 2. The molecule has 1 aromatic heterocycles. The van der Waals surface area contributed by atoms with Crippen LogP contribution >= 0.6 is 0 Å². The molecule has 0 atom stereocenters. The number of para-hydroxylation sites is 2. The van der Waals surface area contributed by atoms with Gasteiger partial charge >= 0.3 is 0 Å². The number of rotatable bonds is 3. The molecule has 7 heteroatoms.